The summed E-state index contributed by atoms with van der Waals surface area (Å²) in [4.78, 5) is 21.2. The highest BCUT2D eigenvalue weighted by Gasteiger charge is 2.12. The number of nitrogens with one attached hydrogen (secondary N) is 2. The largest absolute Gasteiger partial charge is 0.324 e. The van der Waals surface area contributed by atoms with Gasteiger partial charge in [-0.15, -0.1) is 0 Å². The van der Waals surface area contributed by atoms with Crippen LogP contribution in [0.1, 0.15) is 21.7 Å². The molecule has 7 heteroatoms. The number of para-hydroxylation sites is 1. The van der Waals surface area contributed by atoms with Crippen LogP contribution in [0.15, 0.2) is 48.5 Å². The average Bonchev–Trinajstić information content (AvgIpc) is 2.60. The highest BCUT2D eigenvalue weighted by atomic mass is 35.5. The van der Waals surface area contributed by atoms with Gasteiger partial charge in [0.1, 0.15) is 5.69 Å². The van der Waals surface area contributed by atoms with E-state index in [9.17, 15) is 4.79 Å². The van der Waals surface area contributed by atoms with Crippen LogP contribution in [0.5, 0.6) is 0 Å². The third-order valence-electron chi connectivity index (χ3n) is 3.66. The quantitative estimate of drug-likeness (QED) is 0.629. The van der Waals surface area contributed by atoms with Crippen molar-refractivity contribution >= 4 is 46.4 Å². The van der Waals surface area contributed by atoms with E-state index in [1.807, 2.05) is 31.2 Å². The minimum absolute atomic E-state index is 0.250. The van der Waals surface area contributed by atoms with Crippen LogP contribution in [0.3, 0.4) is 0 Å². The van der Waals surface area contributed by atoms with E-state index in [1.165, 1.54) is 0 Å². The fourth-order valence-corrected chi connectivity index (χ4v) is 2.64. The molecule has 0 bridgehead atoms. The zero-order chi connectivity index (χ0) is 18.7. The van der Waals surface area contributed by atoms with Gasteiger partial charge < -0.3 is 10.6 Å². The molecule has 0 aliphatic rings. The second kappa shape index (κ2) is 7.72. The molecule has 132 valence electrons. The first-order valence-electron chi connectivity index (χ1n) is 7.87. The summed E-state index contributed by atoms with van der Waals surface area (Å²) < 4.78 is 0. The number of rotatable bonds is 4. The Bertz CT molecular complexity index is 976. The molecule has 3 rings (SSSR count). The molecule has 0 atom stereocenters. The van der Waals surface area contributed by atoms with Gasteiger partial charge in [0.2, 0.25) is 5.95 Å². The van der Waals surface area contributed by atoms with Crippen LogP contribution < -0.4 is 10.6 Å². The molecule has 1 amide bonds. The summed E-state index contributed by atoms with van der Waals surface area (Å²) in [5, 5.41) is 6.69. The van der Waals surface area contributed by atoms with E-state index < -0.39 is 0 Å². The molecule has 3 aromatic rings. The first-order chi connectivity index (χ1) is 12.4. The summed E-state index contributed by atoms with van der Waals surface area (Å²) in [6, 6.07) is 14.3. The van der Waals surface area contributed by atoms with Gasteiger partial charge in [0.25, 0.3) is 5.91 Å². The number of halogens is 2. The average molecular weight is 387 g/mol. The Labute approximate surface area is 161 Å². The monoisotopic (exact) mass is 386 g/mol. The minimum atomic E-state index is -0.360. The van der Waals surface area contributed by atoms with Crippen LogP contribution in [0.25, 0.3) is 0 Å². The molecule has 5 nitrogen and oxygen atoms in total. The molecular formula is C19H16Cl2N4O. The van der Waals surface area contributed by atoms with Crippen LogP contribution in [-0.4, -0.2) is 15.9 Å². The number of aromatic nitrogens is 2. The lowest BCUT2D eigenvalue weighted by Crippen LogP contribution is -2.15. The first kappa shape index (κ1) is 18.2. The Morgan fingerprint density at radius 2 is 1.73 bits per heavy atom. The second-order valence-corrected chi connectivity index (χ2v) is 6.56. The predicted octanol–water partition coefficient (Wildman–Crippen LogP) is 5.40. The molecule has 0 saturated carbocycles. The van der Waals surface area contributed by atoms with Gasteiger partial charge in [0.05, 0.1) is 10.0 Å². The predicted molar refractivity (Wildman–Crippen MR) is 106 cm³/mol. The molecular weight excluding hydrogens is 371 g/mol. The lowest BCUT2D eigenvalue weighted by atomic mass is 10.2. The summed E-state index contributed by atoms with van der Waals surface area (Å²) in [6.07, 6.45) is 0. The molecule has 0 spiro atoms. The Morgan fingerprint density at radius 1 is 0.962 bits per heavy atom. The van der Waals surface area contributed by atoms with Gasteiger partial charge in [0, 0.05) is 17.1 Å². The number of hydrogen-bond donors (Lipinski definition) is 2. The molecule has 0 saturated heterocycles. The second-order valence-electron chi connectivity index (χ2n) is 5.74. The van der Waals surface area contributed by atoms with Crippen LogP contribution >= 0.6 is 23.2 Å². The summed E-state index contributed by atoms with van der Waals surface area (Å²) in [5.74, 6) is 0.000288. The standard InChI is InChI=1S/C19H16Cl2N4O/c1-11-5-3-4-6-16(11)24-19-22-12(2)9-17(25-19)18(26)23-13-7-8-14(20)15(21)10-13/h3-10H,1-2H3,(H,23,26)(H,22,24,25). The van der Waals surface area contributed by atoms with Crippen LogP contribution in [0.2, 0.25) is 10.0 Å². The molecule has 0 aliphatic heterocycles. The van der Waals surface area contributed by atoms with Gasteiger partial charge in [-0.1, -0.05) is 41.4 Å². The van der Waals surface area contributed by atoms with E-state index in [4.69, 9.17) is 23.2 Å². The van der Waals surface area contributed by atoms with Crippen LogP contribution in [0.4, 0.5) is 17.3 Å². The maximum absolute atomic E-state index is 12.5. The van der Waals surface area contributed by atoms with Gasteiger partial charge in [-0.05, 0) is 49.7 Å². The van der Waals surface area contributed by atoms with E-state index in [0.29, 0.717) is 27.4 Å². The molecule has 1 aromatic heterocycles. The maximum Gasteiger partial charge on any atom is 0.274 e. The molecule has 1 heterocycles. The zero-order valence-corrected chi connectivity index (χ0v) is 15.7. The highest BCUT2D eigenvalue weighted by molar-refractivity contribution is 6.42. The Kier molecular flexibility index (Phi) is 5.40. The number of carbonyl (C=O) groups excluding carboxylic acids is 1. The van der Waals surface area contributed by atoms with Crippen molar-refractivity contribution in [1.29, 1.82) is 0 Å². The van der Waals surface area contributed by atoms with Crippen molar-refractivity contribution in [3.63, 3.8) is 0 Å². The van der Waals surface area contributed by atoms with Gasteiger partial charge in [-0.2, -0.15) is 0 Å². The third kappa shape index (κ3) is 4.31. The Hall–Kier alpha value is -2.63. The van der Waals surface area contributed by atoms with Gasteiger partial charge in [0.15, 0.2) is 0 Å². The number of hydrogen-bond acceptors (Lipinski definition) is 4. The zero-order valence-electron chi connectivity index (χ0n) is 14.2. The van der Waals surface area contributed by atoms with Gasteiger partial charge >= 0.3 is 0 Å². The Morgan fingerprint density at radius 3 is 2.46 bits per heavy atom. The minimum Gasteiger partial charge on any atom is -0.324 e. The maximum atomic E-state index is 12.5. The van der Waals surface area contributed by atoms with Crippen molar-refractivity contribution < 1.29 is 4.79 Å². The van der Waals surface area contributed by atoms with Crippen LogP contribution in [0, 0.1) is 13.8 Å². The van der Waals surface area contributed by atoms with E-state index >= 15 is 0 Å². The van der Waals surface area contributed by atoms with Crippen molar-refractivity contribution in [2.75, 3.05) is 10.6 Å². The van der Waals surface area contributed by atoms with E-state index in [2.05, 4.69) is 20.6 Å². The van der Waals surface area contributed by atoms with Crippen LogP contribution in [-0.2, 0) is 0 Å². The first-order valence-corrected chi connectivity index (χ1v) is 8.63. The number of carbonyl (C=O) groups is 1. The third-order valence-corrected chi connectivity index (χ3v) is 4.39. The lowest BCUT2D eigenvalue weighted by molar-refractivity contribution is 0.102. The molecule has 2 aromatic carbocycles. The fourth-order valence-electron chi connectivity index (χ4n) is 2.34. The molecule has 0 unspecified atom stereocenters. The number of benzene rings is 2. The van der Waals surface area contributed by atoms with Gasteiger partial charge in [-0.25, -0.2) is 9.97 Å². The van der Waals surface area contributed by atoms with Gasteiger partial charge in [-0.3, -0.25) is 4.79 Å². The SMILES string of the molecule is Cc1cc(C(=O)Nc2ccc(Cl)c(Cl)c2)nc(Nc2ccccc2C)n1. The summed E-state index contributed by atoms with van der Waals surface area (Å²) >= 11 is 11.9. The number of amides is 1. The smallest absolute Gasteiger partial charge is 0.274 e. The van der Waals surface area contributed by atoms with Crippen molar-refractivity contribution in [3.8, 4) is 0 Å². The Balaban J connectivity index is 1.83. The molecule has 0 fully saturated rings. The van der Waals surface area contributed by atoms with E-state index in [1.54, 1.807) is 31.2 Å². The summed E-state index contributed by atoms with van der Waals surface area (Å²) in [6.45, 7) is 3.79. The number of aryl methyl sites for hydroxylation is 2. The molecule has 0 aliphatic carbocycles. The highest BCUT2D eigenvalue weighted by Crippen LogP contribution is 2.25. The molecule has 0 radical (unpaired) electrons. The fraction of sp³-hybridized carbons (Fsp3) is 0.105. The van der Waals surface area contributed by atoms with Crippen molar-refractivity contribution in [2.24, 2.45) is 0 Å². The number of anilines is 3. The van der Waals surface area contributed by atoms with Crippen molar-refractivity contribution in [1.82, 2.24) is 9.97 Å². The number of nitrogens with zero attached hydrogens (tertiary/aromatic N) is 2. The summed E-state index contributed by atoms with van der Waals surface area (Å²) in [7, 11) is 0. The lowest BCUT2D eigenvalue weighted by Gasteiger charge is -2.10. The molecule has 2 N–H and O–H groups in total. The van der Waals surface area contributed by atoms with E-state index in [0.717, 1.165) is 11.3 Å². The van der Waals surface area contributed by atoms with Crippen molar-refractivity contribution in [2.45, 2.75) is 13.8 Å². The summed E-state index contributed by atoms with van der Waals surface area (Å²) in [5.41, 5.74) is 3.40. The van der Waals surface area contributed by atoms with Crippen molar-refractivity contribution in [3.05, 3.63) is 75.5 Å². The topological polar surface area (TPSA) is 66.9 Å². The van der Waals surface area contributed by atoms with E-state index in [-0.39, 0.29) is 11.6 Å². The normalized spacial score (nSPS) is 10.5. The molecule has 26 heavy (non-hydrogen) atoms.